The maximum absolute atomic E-state index is 12.3. The van der Waals surface area contributed by atoms with Gasteiger partial charge in [-0.3, -0.25) is 9.78 Å². The van der Waals surface area contributed by atoms with Crippen molar-refractivity contribution in [2.45, 2.75) is 6.54 Å². The van der Waals surface area contributed by atoms with Crippen LogP contribution in [0.3, 0.4) is 0 Å². The lowest BCUT2D eigenvalue weighted by Gasteiger charge is -2.35. The molecule has 0 amide bonds. The van der Waals surface area contributed by atoms with Gasteiger partial charge in [0, 0.05) is 32.2 Å². The van der Waals surface area contributed by atoms with Crippen LogP contribution in [0.2, 0.25) is 0 Å². The van der Waals surface area contributed by atoms with Gasteiger partial charge in [0.05, 0.1) is 23.8 Å². The van der Waals surface area contributed by atoms with Crippen LogP contribution in [-0.2, 0) is 6.54 Å². The van der Waals surface area contributed by atoms with Gasteiger partial charge in [-0.15, -0.1) is 0 Å². The molecular formula is C23H22N6O. The Morgan fingerprint density at radius 2 is 1.40 bits per heavy atom. The van der Waals surface area contributed by atoms with Crippen molar-refractivity contribution in [3.05, 3.63) is 88.8 Å². The fourth-order valence-corrected chi connectivity index (χ4v) is 3.74. The van der Waals surface area contributed by atoms with Crippen molar-refractivity contribution < 1.29 is 0 Å². The van der Waals surface area contributed by atoms with Crippen LogP contribution < -0.4 is 15.4 Å². The number of aromatic nitrogens is 4. The zero-order valence-corrected chi connectivity index (χ0v) is 16.6. The fourth-order valence-electron chi connectivity index (χ4n) is 3.74. The highest BCUT2D eigenvalue weighted by Crippen LogP contribution is 2.19. The van der Waals surface area contributed by atoms with Crippen molar-refractivity contribution in [2.75, 3.05) is 36.0 Å². The van der Waals surface area contributed by atoms with Crippen molar-refractivity contribution in [1.29, 1.82) is 0 Å². The maximum Gasteiger partial charge on any atom is 0.267 e. The molecular weight excluding hydrogens is 376 g/mol. The van der Waals surface area contributed by atoms with Crippen LogP contribution in [0.15, 0.2) is 77.7 Å². The van der Waals surface area contributed by atoms with E-state index in [4.69, 9.17) is 4.98 Å². The van der Waals surface area contributed by atoms with E-state index in [-0.39, 0.29) is 5.56 Å². The molecule has 150 valence electrons. The summed E-state index contributed by atoms with van der Waals surface area (Å²) in [6, 6.07) is 21.3. The molecule has 4 aromatic rings. The van der Waals surface area contributed by atoms with Crippen LogP contribution in [0.25, 0.3) is 11.0 Å². The minimum Gasteiger partial charge on any atom is -0.352 e. The second-order valence-corrected chi connectivity index (χ2v) is 7.36. The molecule has 0 radical (unpaired) electrons. The van der Waals surface area contributed by atoms with Crippen molar-refractivity contribution in [1.82, 2.24) is 19.7 Å². The van der Waals surface area contributed by atoms with Gasteiger partial charge in [0.25, 0.3) is 5.56 Å². The van der Waals surface area contributed by atoms with E-state index in [1.165, 1.54) is 4.68 Å². The quantitative estimate of drug-likeness (QED) is 0.526. The first-order valence-corrected chi connectivity index (χ1v) is 10.1. The van der Waals surface area contributed by atoms with Gasteiger partial charge < -0.3 is 9.80 Å². The first-order valence-electron chi connectivity index (χ1n) is 10.1. The maximum atomic E-state index is 12.3. The monoisotopic (exact) mass is 398 g/mol. The molecule has 0 saturated carbocycles. The summed E-state index contributed by atoms with van der Waals surface area (Å²) in [6.45, 7) is 3.75. The second-order valence-electron chi connectivity index (χ2n) is 7.36. The molecule has 7 nitrogen and oxygen atoms in total. The van der Waals surface area contributed by atoms with E-state index in [1.807, 2.05) is 66.9 Å². The Bertz CT molecular complexity index is 1220. The molecule has 30 heavy (non-hydrogen) atoms. The Hall–Kier alpha value is -3.74. The second kappa shape index (κ2) is 7.94. The molecule has 7 heteroatoms. The Morgan fingerprint density at radius 3 is 2.17 bits per heavy atom. The molecule has 0 aliphatic carbocycles. The van der Waals surface area contributed by atoms with Gasteiger partial charge >= 0.3 is 0 Å². The third-order valence-electron chi connectivity index (χ3n) is 5.39. The highest BCUT2D eigenvalue weighted by molar-refractivity contribution is 5.75. The molecule has 2 aromatic heterocycles. The number of para-hydroxylation sites is 2. The van der Waals surface area contributed by atoms with Gasteiger partial charge in [-0.05, 0) is 23.8 Å². The van der Waals surface area contributed by atoms with Crippen LogP contribution in [0.4, 0.5) is 11.6 Å². The van der Waals surface area contributed by atoms with Crippen molar-refractivity contribution in [3.8, 4) is 0 Å². The van der Waals surface area contributed by atoms with Crippen LogP contribution in [0.5, 0.6) is 0 Å². The summed E-state index contributed by atoms with van der Waals surface area (Å²) in [5.74, 6) is 1.73. The fraction of sp³-hybridized carbons (Fsp3) is 0.217. The highest BCUT2D eigenvalue weighted by atomic mass is 16.1. The Labute approximate surface area is 174 Å². The Kier molecular flexibility index (Phi) is 4.85. The Morgan fingerprint density at radius 1 is 0.733 bits per heavy atom. The van der Waals surface area contributed by atoms with Crippen molar-refractivity contribution in [3.63, 3.8) is 0 Å². The number of benzene rings is 2. The first-order chi connectivity index (χ1) is 14.8. The van der Waals surface area contributed by atoms with Crippen LogP contribution in [0.1, 0.15) is 5.56 Å². The molecule has 0 unspecified atom stereocenters. The Balaban J connectivity index is 1.30. The third-order valence-corrected chi connectivity index (χ3v) is 5.39. The van der Waals surface area contributed by atoms with Gasteiger partial charge in [-0.1, -0.05) is 42.5 Å². The number of nitrogens with zero attached hydrogens (tertiary/aromatic N) is 6. The smallest absolute Gasteiger partial charge is 0.267 e. The topological polar surface area (TPSA) is 67.2 Å². The number of hydrogen-bond acceptors (Lipinski definition) is 6. The predicted molar refractivity (Wildman–Crippen MR) is 118 cm³/mol. The minimum atomic E-state index is -0.0901. The summed E-state index contributed by atoms with van der Waals surface area (Å²) in [5.41, 5.74) is 2.79. The van der Waals surface area contributed by atoms with E-state index in [1.54, 1.807) is 6.07 Å². The summed E-state index contributed by atoms with van der Waals surface area (Å²) < 4.78 is 1.53. The summed E-state index contributed by atoms with van der Waals surface area (Å²) in [5, 5.41) is 4.61. The molecule has 1 aliphatic heterocycles. The van der Waals surface area contributed by atoms with Crippen LogP contribution in [0, 0.1) is 0 Å². The predicted octanol–water partition coefficient (Wildman–Crippen LogP) is 2.56. The lowest BCUT2D eigenvalue weighted by atomic mass is 10.2. The molecule has 0 N–H and O–H groups in total. The average Bonchev–Trinajstić information content (AvgIpc) is 2.81. The highest BCUT2D eigenvalue weighted by Gasteiger charge is 2.20. The number of fused-ring (bicyclic) bond motifs is 1. The molecule has 0 atom stereocenters. The van der Waals surface area contributed by atoms with E-state index in [0.717, 1.165) is 54.4 Å². The van der Waals surface area contributed by atoms with Crippen LogP contribution in [-0.4, -0.2) is 45.9 Å². The molecule has 3 heterocycles. The third kappa shape index (κ3) is 3.74. The molecule has 1 aliphatic rings. The summed E-state index contributed by atoms with van der Waals surface area (Å²) in [4.78, 5) is 26.0. The van der Waals surface area contributed by atoms with E-state index in [0.29, 0.717) is 6.54 Å². The largest absolute Gasteiger partial charge is 0.352 e. The van der Waals surface area contributed by atoms with Gasteiger partial charge in [0.1, 0.15) is 11.6 Å². The van der Waals surface area contributed by atoms with Gasteiger partial charge in [-0.25, -0.2) is 9.67 Å². The molecule has 1 fully saturated rings. The minimum absolute atomic E-state index is 0.0901. The summed E-state index contributed by atoms with van der Waals surface area (Å²) >= 11 is 0. The molecule has 0 bridgehead atoms. The number of piperazine rings is 1. The SMILES string of the molecule is O=c1ccc(N2CCN(c3cnc4ccccc4n3)CC2)nn1Cc1ccccc1. The van der Waals surface area contributed by atoms with E-state index in [9.17, 15) is 4.79 Å². The van der Waals surface area contributed by atoms with E-state index >= 15 is 0 Å². The normalized spacial score (nSPS) is 14.3. The van der Waals surface area contributed by atoms with Crippen molar-refractivity contribution in [2.24, 2.45) is 0 Å². The standard InChI is InChI=1S/C23H22N6O/c30-23-11-10-21(26-29(23)17-18-6-2-1-3-7-18)27-12-14-28(15-13-27)22-16-24-19-8-4-5-9-20(19)25-22/h1-11,16H,12-15,17H2. The zero-order valence-electron chi connectivity index (χ0n) is 16.6. The van der Waals surface area contributed by atoms with Gasteiger partial charge in [0.15, 0.2) is 0 Å². The number of hydrogen-bond donors (Lipinski definition) is 0. The van der Waals surface area contributed by atoms with E-state index < -0.39 is 0 Å². The summed E-state index contributed by atoms with van der Waals surface area (Å²) in [6.07, 6.45) is 1.84. The summed E-state index contributed by atoms with van der Waals surface area (Å²) in [7, 11) is 0. The van der Waals surface area contributed by atoms with Gasteiger partial charge in [-0.2, -0.15) is 5.10 Å². The zero-order chi connectivity index (χ0) is 20.3. The average molecular weight is 398 g/mol. The number of rotatable bonds is 4. The van der Waals surface area contributed by atoms with E-state index in [2.05, 4.69) is 19.9 Å². The first kappa shape index (κ1) is 18.3. The molecule has 0 spiro atoms. The molecule has 1 saturated heterocycles. The van der Waals surface area contributed by atoms with Crippen molar-refractivity contribution >= 4 is 22.7 Å². The molecule has 5 rings (SSSR count). The number of anilines is 2. The molecule has 2 aromatic carbocycles. The lowest BCUT2D eigenvalue weighted by Crippen LogP contribution is -2.47. The lowest BCUT2D eigenvalue weighted by molar-refractivity contribution is 0.599. The van der Waals surface area contributed by atoms with Gasteiger partial charge in [0.2, 0.25) is 0 Å². The van der Waals surface area contributed by atoms with Crippen LogP contribution >= 0.6 is 0 Å².